The van der Waals surface area contributed by atoms with Gasteiger partial charge in [-0.05, 0) is 37.5 Å². The van der Waals surface area contributed by atoms with Gasteiger partial charge in [-0.15, -0.1) is 0 Å². The van der Waals surface area contributed by atoms with E-state index in [1.807, 2.05) is 30.7 Å². The molecule has 136 valence electrons. The Morgan fingerprint density at radius 2 is 1.96 bits per heavy atom. The Morgan fingerprint density at radius 1 is 1.28 bits per heavy atom. The molecule has 2 N–H and O–H groups in total. The van der Waals surface area contributed by atoms with Crippen molar-refractivity contribution in [2.45, 2.75) is 47.3 Å². The second kappa shape index (κ2) is 8.67. The molecule has 6 heteroatoms. The molecule has 0 unspecified atom stereocenters. The first kappa shape index (κ1) is 19.0. The van der Waals surface area contributed by atoms with Gasteiger partial charge in [0.05, 0.1) is 23.4 Å². The first-order chi connectivity index (χ1) is 11.9. The molecule has 0 atom stereocenters. The number of hydrogen-bond acceptors (Lipinski definition) is 4. The number of carboxylic acids is 1. The predicted octanol–water partition coefficient (Wildman–Crippen LogP) is 3.23. The fourth-order valence-corrected chi connectivity index (χ4v) is 2.67. The van der Waals surface area contributed by atoms with Crippen LogP contribution < -0.4 is 10.1 Å². The van der Waals surface area contributed by atoms with Crippen LogP contribution in [-0.4, -0.2) is 27.5 Å². The summed E-state index contributed by atoms with van der Waals surface area (Å²) in [6.45, 7) is 11.0. The van der Waals surface area contributed by atoms with Gasteiger partial charge in [0.2, 0.25) is 5.88 Å². The van der Waals surface area contributed by atoms with Crippen molar-refractivity contribution in [2.24, 2.45) is 5.92 Å². The van der Waals surface area contributed by atoms with E-state index < -0.39 is 5.97 Å². The van der Waals surface area contributed by atoms with Crippen molar-refractivity contribution < 1.29 is 14.6 Å². The first-order valence-corrected chi connectivity index (χ1v) is 8.64. The molecule has 25 heavy (non-hydrogen) atoms. The Kier molecular flexibility index (Phi) is 6.58. The molecule has 0 saturated carbocycles. The maximum atomic E-state index is 10.9. The highest BCUT2D eigenvalue weighted by Gasteiger charge is 2.16. The summed E-state index contributed by atoms with van der Waals surface area (Å²) in [5.41, 5.74) is 3.38. The van der Waals surface area contributed by atoms with E-state index in [2.05, 4.69) is 24.3 Å². The molecule has 1 heterocycles. The van der Waals surface area contributed by atoms with Gasteiger partial charge in [-0.3, -0.25) is 0 Å². The van der Waals surface area contributed by atoms with E-state index in [9.17, 15) is 4.79 Å². The lowest BCUT2D eigenvalue weighted by Crippen LogP contribution is -2.15. The minimum atomic E-state index is -0.908. The highest BCUT2D eigenvalue weighted by molar-refractivity contribution is 5.87. The van der Waals surface area contributed by atoms with Crippen molar-refractivity contribution in [1.29, 1.82) is 0 Å². The monoisotopic (exact) mass is 345 g/mol. The number of hydrogen-bond donors (Lipinski definition) is 2. The molecule has 0 spiro atoms. The highest BCUT2D eigenvalue weighted by Crippen LogP contribution is 2.23. The van der Waals surface area contributed by atoms with Gasteiger partial charge in [0, 0.05) is 19.6 Å². The maximum absolute atomic E-state index is 10.9. The number of aryl methyl sites for hydroxylation is 1. The van der Waals surface area contributed by atoms with Gasteiger partial charge in [0.15, 0.2) is 0 Å². The minimum absolute atomic E-state index is 0.299. The molecule has 0 aliphatic carbocycles. The second-order valence-electron chi connectivity index (χ2n) is 6.48. The van der Waals surface area contributed by atoms with Crippen molar-refractivity contribution >= 4 is 5.97 Å². The average molecular weight is 345 g/mol. The number of aromatic nitrogens is 2. The molecule has 0 amide bonds. The van der Waals surface area contributed by atoms with Gasteiger partial charge in [-0.25, -0.2) is 9.48 Å². The lowest BCUT2D eigenvalue weighted by molar-refractivity contribution is 0.0697. The number of ether oxygens (including phenoxy) is 1. The van der Waals surface area contributed by atoms with Crippen LogP contribution in [0.4, 0.5) is 0 Å². The number of nitrogens with one attached hydrogen (secondary N) is 1. The third-order valence-electron chi connectivity index (χ3n) is 3.85. The molecule has 0 fully saturated rings. The summed E-state index contributed by atoms with van der Waals surface area (Å²) in [6.07, 6.45) is 0. The van der Waals surface area contributed by atoms with E-state index in [-0.39, 0.29) is 0 Å². The van der Waals surface area contributed by atoms with Crippen LogP contribution in [0, 0.1) is 12.8 Å². The largest absolute Gasteiger partial charge is 0.478 e. The Balaban J connectivity index is 2.04. The van der Waals surface area contributed by atoms with Crippen LogP contribution in [-0.2, 0) is 19.6 Å². The lowest BCUT2D eigenvalue weighted by atomic mass is 10.1. The Labute approximate surface area is 148 Å². The van der Waals surface area contributed by atoms with Crippen LogP contribution in [0.2, 0.25) is 0 Å². The quantitative estimate of drug-likeness (QED) is 0.730. The summed E-state index contributed by atoms with van der Waals surface area (Å²) in [5, 5.41) is 16.9. The lowest BCUT2D eigenvalue weighted by Gasteiger charge is -2.12. The summed E-state index contributed by atoms with van der Waals surface area (Å²) in [6, 6.07) is 6.90. The van der Waals surface area contributed by atoms with Crippen molar-refractivity contribution in [1.82, 2.24) is 15.1 Å². The molecule has 0 bridgehead atoms. The zero-order chi connectivity index (χ0) is 18.4. The average Bonchev–Trinajstić information content (AvgIpc) is 2.83. The van der Waals surface area contributed by atoms with E-state index in [0.717, 1.165) is 29.2 Å². The van der Waals surface area contributed by atoms with Crippen molar-refractivity contribution in [2.75, 3.05) is 6.61 Å². The van der Waals surface area contributed by atoms with Crippen LogP contribution in [0.5, 0.6) is 5.88 Å². The predicted molar refractivity (Wildman–Crippen MR) is 96.9 cm³/mol. The number of rotatable bonds is 9. The van der Waals surface area contributed by atoms with E-state index >= 15 is 0 Å². The molecular weight excluding hydrogens is 318 g/mol. The van der Waals surface area contributed by atoms with Crippen molar-refractivity contribution in [3.63, 3.8) is 0 Å². The third-order valence-corrected chi connectivity index (χ3v) is 3.85. The van der Waals surface area contributed by atoms with Crippen LogP contribution >= 0.6 is 0 Å². The van der Waals surface area contributed by atoms with E-state index in [0.29, 0.717) is 31.2 Å². The van der Waals surface area contributed by atoms with Gasteiger partial charge in [-0.2, -0.15) is 5.10 Å². The first-order valence-electron chi connectivity index (χ1n) is 8.64. The molecule has 0 saturated heterocycles. The Hall–Kier alpha value is -2.34. The summed E-state index contributed by atoms with van der Waals surface area (Å²) in [5.74, 6) is 0.420. The number of carboxylic acid groups (broad SMARTS) is 1. The van der Waals surface area contributed by atoms with Crippen molar-refractivity contribution in [3.05, 3.63) is 46.6 Å². The highest BCUT2D eigenvalue weighted by atomic mass is 16.5. The van der Waals surface area contributed by atoms with Gasteiger partial charge in [0.25, 0.3) is 0 Å². The summed E-state index contributed by atoms with van der Waals surface area (Å²) < 4.78 is 7.78. The summed E-state index contributed by atoms with van der Waals surface area (Å²) in [4.78, 5) is 10.9. The molecule has 0 aliphatic heterocycles. The Morgan fingerprint density at radius 3 is 2.52 bits per heavy atom. The van der Waals surface area contributed by atoms with E-state index in [1.54, 1.807) is 12.1 Å². The summed E-state index contributed by atoms with van der Waals surface area (Å²) >= 11 is 0. The molecular formula is C19H27N3O3. The third kappa shape index (κ3) is 5.06. The van der Waals surface area contributed by atoms with Crippen molar-refractivity contribution in [3.8, 4) is 5.88 Å². The number of benzene rings is 1. The normalized spacial score (nSPS) is 11.1. The molecule has 2 aromatic rings. The molecule has 2 rings (SSSR count). The second-order valence-corrected chi connectivity index (χ2v) is 6.48. The zero-order valence-corrected chi connectivity index (χ0v) is 15.4. The molecule has 0 radical (unpaired) electrons. The molecule has 6 nitrogen and oxygen atoms in total. The van der Waals surface area contributed by atoms with Crippen LogP contribution in [0.25, 0.3) is 0 Å². The summed E-state index contributed by atoms with van der Waals surface area (Å²) in [7, 11) is 0. The van der Waals surface area contributed by atoms with Crippen LogP contribution in [0.3, 0.4) is 0 Å². The zero-order valence-electron chi connectivity index (χ0n) is 15.4. The van der Waals surface area contributed by atoms with Crippen LogP contribution in [0.15, 0.2) is 24.3 Å². The molecule has 1 aromatic carbocycles. The van der Waals surface area contributed by atoms with Gasteiger partial charge in [-0.1, -0.05) is 26.0 Å². The standard InChI is InChI=1S/C19H27N3O3/c1-5-25-18-17(14(4)21-22(18)12-13(2)3)11-20-10-15-6-8-16(9-7-15)19(23)24/h6-9,13,20H,5,10-12H2,1-4H3,(H,23,24). The topological polar surface area (TPSA) is 76.4 Å². The maximum Gasteiger partial charge on any atom is 0.335 e. The SMILES string of the molecule is CCOc1c(CNCc2ccc(C(=O)O)cc2)c(C)nn1CC(C)C. The molecule has 1 aromatic heterocycles. The number of nitrogens with zero attached hydrogens (tertiary/aromatic N) is 2. The fraction of sp³-hybridized carbons (Fsp3) is 0.474. The Bertz CT molecular complexity index is 705. The fourth-order valence-electron chi connectivity index (χ4n) is 2.67. The minimum Gasteiger partial charge on any atom is -0.478 e. The number of aromatic carboxylic acids is 1. The smallest absolute Gasteiger partial charge is 0.335 e. The molecule has 0 aliphatic rings. The van der Waals surface area contributed by atoms with E-state index in [1.165, 1.54) is 0 Å². The van der Waals surface area contributed by atoms with Gasteiger partial charge in [0.1, 0.15) is 0 Å². The van der Waals surface area contributed by atoms with Gasteiger partial charge >= 0.3 is 5.97 Å². The van der Waals surface area contributed by atoms with Crippen LogP contribution in [0.1, 0.15) is 48.0 Å². The van der Waals surface area contributed by atoms with E-state index in [4.69, 9.17) is 9.84 Å². The van der Waals surface area contributed by atoms with Gasteiger partial charge < -0.3 is 15.2 Å². The number of carbonyl (C=O) groups is 1.